The Morgan fingerprint density at radius 1 is 1.15 bits per heavy atom. The van der Waals surface area contributed by atoms with Gasteiger partial charge in [0.15, 0.2) is 0 Å². The predicted molar refractivity (Wildman–Crippen MR) is 79.4 cm³/mol. The quantitative estimate of drug-likeness (QED) is 0.860. The molecule has 2 amide bonds. The first-order valence-electron chi connectivity index (χ1n) is 6.92. The topological polar surface area (TPSA) is 49.4 Å². The van der Waals surface area contributed by atoms with E-state index in [2.05, 4.69) is 5.32 Å². The van der Waals surface area contributed by atoms with E-state index in [1.807, 2.05) is 51.1 Å². The van der Waals surface area contributed by atoms with Crippen LogP contribution in [0.3, 0.4) is 0 Å². The van der Waals surface area contributed by atoms with Crippen LogP contribution in [0.2, 0.25) is 0 Å². The van der Waals surface area contributed by atoms with Crippen LogP contribution in [0.25, 0.3) is 0 Å². The van der Waals surface area contributed by atoms with Crippen molar-refractivity contribution in [2.24, 2.45) is 5.41 Å². The summed E-state index contributed by atoms with van der Waals surface area (Å²) in [4.78, 5) is 26.6. The van der Waals surface area contributed by atoms with E-state index in [-0.39, 0.29) is 17.4 Å². The first-order valence-corrected chi connectivity index (χ1v) is 6.92. The highest BCUT2D eigenvalue weighted by atomic mass is 16.2. The molecule has 0 aromatic heterocycles. The molecule has 1 fully saturated rings. The largest absolute Gasteiger partial charge is 0.351 e. The predicted octanol–water partition coefficient (Wildman–Crippen LogP) is 2.34. The number of hydrogen-bond acceptors (Lipinski definition) is 2. The van der Waals surface area contributed by atoms with Gasteiger partial charge in [0, 0.05) is 18.3 Å². The van der Waals surface area contributed by atoms with Crippen molar-refractivity contribution in [3.63, 3.8) is 0 Å². The number of rotatable bonds is 3. The van der Waals surface area contributed by atoms with Crippen LogP contribution >= 0.6 is 0 Å². The summed E-state index contributed by atoms with van der Waals surface area (Å²) in [5.74, 6) is -0.275. The fourth-order valence-corrected chi connectivity index (χ4v) is 2.21. The third kappa shape index (κ3) is 2.84. The van der Waals surface area contributed by atoms with Gasteiger partial charge in [-0.1, -0.05) is 18.2 Å². The standard InChI is InChI=1S/C16H22N2O2/c1-15(2,3)17-13(19)16(10-11-16)14(20)18(4)12-8-6-5-7-9-12/h5-9H,10-11H2,1-4H3,(H,17,19). The van der Waals surface area contributed by atoms with Crippen molar-refractivity contribution in [2.75, 3.05) is 11.9 Å². The number of benzene rings is 1. The molecule has 0 heterocycles. The zero-order chi connectivity index (χ0) is 15.0. The number of nitrogens with zero attached hydrogens (tertiary/aromatic N) is 1. The van der Waals surface area contributed by atoms with E-state index in [1.54, 1.807) is 11.9 Å². The van der Waals surface area contributed by atoms with E-state index in [4.69, 9.17) is 0 Å². The number of anilines is 1. The van der Waals surface area contributed by atoms with Crippen molar-refractivity contribution >= 4 is 17.5 Å². The molecule has 0 saturated heterocycles. The average molecular weight is 274 g/mol. The van der Waals surface area contributed by atoms with Crippen molar-refractivity contribution in [3.8, 4) is 0 Å². The summed E-state index contributed by atoms with van der Waals surface area (Å²) in [6.45, 7) is 5.77. The SMILES string of the molecule is CN(C(=O)C1(C(=O)NC(C)(C)C)CC1)c1ccccc1. The molecule has 0 unspecified atom stereocenters. The van der Waals surface area contributed by atoms with Gasteiger partial charge in [-0.25, -0.2) is 0 Å². The van der Waals surface area contributed by atoms with Crippen LogP contribution in [-0.2, 0) is 9.59 Å². The summed E-state index contributed by atoms with van der Waals surface area (Å²) in [5, 5.41) is 2.92. The zero-order valence-electron chi connectivity index (χ0n) is 12.6. The summed E-state index contributed by atoms with van der Waals surface area (Å²) in [7, 11) is 1.72. The lowest BCUT2D eigenvalue weighted by molar-refractivity contribution is -0.136. The molecule has 108 valence electrons. The van der Waals surface area contributed by atoms with Gasteiger partial charge in [-0.05, 0) is 45.7 Å². The highest BCUT2D eigenvalue weighted by Gasteiger charge is 2.58. The Balaban J connectivity index is 2.14. The molecule has 1 N–H and O–H groups in total. The van der Waals surface area contributed by atoms with Gasteiger partial charge in [0.1, 0.15) is 5.41 Å². The van der Waals surface area contributed by atoms with Crippen LogP contribution in [-0.4, -0.2) is 24.4 Å². The van der Waals surface area contributed by atoms with Gasteiger partial charge in [-0.3, -0.25) is 9.59 Å². The Morgan fingerprint density at radius 2 is 1.70 bits per heavy atom. The van der Waals surface area contributed by atoms with E-state index < -0.39 is 5.41 Å². The van der Waals surface area contributed by atoms with E-state index in [9.17, 15) is 9.59 Å². The number of carbonyl (C=O) groups excluding carboxylic acids is 2. The molecule has 4 heteroatoms. The van der Waals surface area contributed by atoms with E-state index in [0.717, 1.165) is 5.69 Å². The third-order valence-corrected chi connectivity index (χ3v) is 3.53. The van der Waals surface area contributed by atoms with Crippen molar-refractivity contribution in [3.05, 3.63) is 30.3 Å². The molecule has 1 aromatic carbocycles. The monoisotopic (exact) mass is 274 g/mol. The van der Waals surface area contributed by atoms with Gasteiger partial charge in [0.05, 0.1) is 0 Å². The van der Waals surface area contributed by atoms with Crippen molar-refractivity contribution in [1.29, 1.82) is 0 Å². The Morgan fingerprint density at radius 3 is 2.15 bits per heavy atom. The van der Waals surface area contributed by atoms with Gasteiger partial charge >= 0.3 is 0 Å². The maximum atomic E-state index is 12.6. The van der Waals surface area contributed by atoms with Crippen molar-refractivity contribution < 1.29 is 9.59 Å². The molecule has 20 heavy (non-hydrogen) atoms. The van der Waals surface area contributed by atoms with Crippen LogP contribution in [0.15, 0.2) is 30.3 Å². The highest BCUT2D eigenvalue weighted by Crippen LogP contribution is 2.48. The minimum absolute atomic E-state index is 0.120. The Bertz CT molecular complexity index is 513. The molecule has 0 atom stereocenters. The first-order chi connectivity index (χ1) is 9.26. The van der Waals surface area contributed by atoms with E-state index in [0.29, 0.717) is 12.8 Å². The van der Waals surface area contributed by atoms with Gasteiger partial charge < -0.3 is 10.2 Å². The molecule has 0 bridgehead atoms. The van der Waals surface area contributed by atoms with Crippen LogP contribution < -0.4 is 10.2 Å². The number of nitrogens with one attached hydrogen (secondary N) is 1. The minimum atomic E-state index is -0.863. The first kappa shape index (κ1) is 14.6. The molecule has 4 nitrogen and oxygen atoms in total. The second-order valence-corrected chi connectivity index (χ2v) is 6.49. The third-order valence-electron chi connectivity index (χ3n) is 3.53. The molecular weight excluding hydrogens is 252 g/mol. The number of hydrogen-bond donors (Lipinski definition) is 1. The molecule has 0 aliphatic heterocycles. The second kappa shape index (κ2) is 4.93. The minimum Gasteiger partial charge on any atom is -0.351 e. The summed E-state index contributed by atoms with van der Waals surface area (Å²) < 4.78 is 0. The van der Waals surface area contributed by atoms with Crippen molar-refractivity contribution in [1.82, 2.24) is 5.32 Å². The van der Waals surface area contributed by atoms with Gasteiger partial charge in [-0.2, -0.15) is 0 Å². The maximum absolute atomic E-state index is 12.6. The Hall–Kier alpha value is -1.84. The fourth-order valence-electron chi connectivity index (χ4n) is 2.21. The molecule has 0 radical (unpaired) electrons. The zero-order valence-corrected chi connectivity index (χ0v) is 12.6. The van der Waals surface area contributed by atoms with Gasteiger partial charge in [-0.15, -0.1) is 0 Å². The number of amides is 2. The van der Waals surface area contributed by atoms with Crippen LogP contribution in [0.5, 0.6) is 0 Å². The Kier molecular flexibility index (Phi) is 3.59. The average Bonchev–Trinajstić information content (AvgIpc) is 3.17. The lowest BCUT2D eigenvalue weighted by atomic mass is 10.0. The summed E-state index contributed by atoms with van der Waals surface area (Å²) in [6.07, 6.45) is 1.26. The normalized spacial score (nSPS) is 16.4. The summed E-state index contributed by atoms with van der Waals surface area (Å²) in [6, 6.07) is 9.41. The van der Waals surface area contributed by atoms with E-state index in [1.165, 1.54) is 0 Å². The van der Waals surface area contributed by atoms with Crippen LogP contribution in [0.1, 0.15) is 33.6 Å². The fraction of sp³-hybridized carbons (Fsp3) is 0.500. The number of carbonyl (C=O) groups is 2. The molecule has 1 aliphatic rings. The number of para-hydroxylation sites is 1. The molecule has 1 aromatic rings. The van der Waals surface area contributed by atoms with Crippen LogP contribution in [0, 0.1) is 5.41 Å². The molecule has 1 aliphatic carbocycles. The molecule has 2 rings (SSSR count). The van der Waals surface area contributed by atoms with Crippen LogP contribution in [0.4, 0.5) is 5.69 Å². The van der Waals surface area contributed by atoms with Gasteiger partial charge in [0.25, 0.3) is 0 Å². The molecule has 1 saturated carbocycles. The van der Waals surface area contributed by atoms with Crippen molar-refractivity contribution in [2.45, 2.75) is 39.2 Å². The summed E-state index contributed by atoms with van der Waals surface area (Å²) >= 11 is 0. The highest BCUT2D eigenvalue weighted by molar-refractivity contribution is 6.13. The molecular formula is C16H22N2O2. The second-order valence-electron chi connectivity index (χ2n) is 6.49. The van der Waals surface area contributed by atoms with E-state index >= 15 is 0 Å². The lowest BCUT2D eigenvalue weighted by Gasteiger charge is -2.27. The Labute approximate surface area is 120 Å². The van der Waals surface area contributed by atoms with Gasteiger partial charge in [0.2, 0.25) is 11.8 Å². The lowest BCUT2D eigenvalue weighted by Crippen LogP contribution is -2.49. The smallest absolute Gasteiger partial charge is 0.242 e. The molecule has 0 spiro atoms. The summed E-state index contributed by atoms with van der Waals surface area (Å²) in [5.41, 5.74) is -0.372. The maximum Gasteiger partial charge on any atom is 0.242 e.